The summed E-state index contributed by atoms with van der Waals surface area (Å²) < 4.78 is 4.96. The topological polar surface area (TPSA) is 53.3 Å². The first-order chi connectivity index (χ1) is 7.19. The van der Waals surface area contributed by atoms with Crippen molar-refractivity contribution in [2.75, 3.05) is 19.7 Å². The van der Waals surface area contributed by atoms with Gasteiger partial charge in [-0.15, -0.1) is 0 Å². The third-order valence-corrected chi connectivity index (χ3v) is 2.81. The number of rotatable bonds is 3. The van der Waals surface area contributed by atoms with Gasteiger partial charge in [-0.05, 0) is 33.2 Å². The highest BCUT2D eigenvalue weighted by Crippen LogP contribution is 2.18. The fraction of sp³-hybridized carbons (Fsp3) is 0.818. The van der Waals surface area contributed by atoms with E-state index in [2.05, 4.69) is 6.07 Å². The van der Waals surface area contributed by atoms with Gasteiger partial charge in [0.05, 0.1) is 18.6 Å². The summed E-state index contributed by atoms with van der Waals surface area (Å²) in [7, 11) is 0. The van der Waals surface area contributed by atoms with Crippen molar-refractivity contribution in [1.29, 1.82) is 5.26 Å². The molecule has 1 saturated heterocycles. The molecule has 1 aliphatic rings. The quantitative estimate of drug-likeness (QED) is 0.656. The van der Waals surface area contributed by atoms with E-state index in [1.807, 2.05) is 11.8 Å². The minimum atomic E-state index is -0.221. The predicted octanol–water partition coefficient (Wildman–Crippen LogP) is 1.17. The average molecular weight is 210 g/mol. The molecule has 0 aliphatic carbocycles. The number of ether oxygens (including phenoxy) is 1. The Kier molecular flexibility index (Phi) is 4.57. The zero-order valence-electron chi connectivity index (χ0n) is 9.40. The molecule has 4 nitrogen and oxygen atoms in total. The summed E-state index contributed by atoms with van der Waals surface area (Å²) in [6.45, 7) is 5.64. The van der Waals surface area contributed by atoms with Crippen molar-refractivity contribution >= 4 is 5.97 Å². The van der Waals surface area contributed by atoms with E-state index in [9.17, 15) is 4.79 Å². The van der Waals surface area contributed by atoms with Crippen LogP contribution in [0.15, 0.2) is 0 Å². The van der Waals surface area contributed by atoms with Gasteiger partial charge in [0.25, 0.3) is 0 Å². The second kappa shape index (κ2) is 5.72. The Bertz CT molecular complexity index is 260. The van der Waals surface area contributed by atoms with Crippen molar-refractivity contribution in [3.8, 4) is 6.07 Å². The van der Waals surface area contributed by atoms with Gasteiger partial charge < -0.3 is 4.74 Å². The lowest BCUT2D eigenvalue weighted by Crippen LogP contribution is -2.45. The molecule has 0 aromatic carbocycles. The minimum Gasteiger partial charge on any atom is -0.465 e. The third kappa shape index (κ3) is 3.21. The molecule has 2 atom stereocenters. The lowest BCUT2D eigenvalue weighted by Gasteiger charge is -2.32. The number of hydrogen-bond acceptors (Lipinski definition) is 4. The van der Waals surface area contributed by atoms with E-state index >= 15 is 0 Å². The molecule has 0 spiro atoms. The summed E-state index contributed by atoms with van der Waals surface area (Å²) in [4.78, 5) is 13.5. The second-order valence-electron chi connectivity index (χ2n) is 3.89. The highest BCUT2D eigenvalue weighted by Gasteiger charge is 2.27. The summed E-state index contributed by atoms with van der Waals surface area (Å²) in [5.74, 6) is -0.119. The Labute approximate surface area is 90.8 Å². The van der Waals surface area contributed by atoms with Crippen molar-refractivity contribution in [3.63, 3.8) is 0 Å². The van der Waals surface area contributed by atoms with E-state index in [0.717, 1.165) is 19.4 Å². The number of carbonyl (C=O) groups excluding carboxylic acids is 1. The Hall–Kier alpha value is -1.08. The zero-order chi connectivity index (χ0) is 11.3. The van der Waals surface area contributed by atoms with Gasteiger partial charge in [-0.2, -0.15) is 5.26 Å². The van der Waals surface area contributed by atoms with Gasteiger partial charge in [0.1, 0.15) is 6.04 Å². The molecule has 1 aliphatic heterocycles. The Morgan fingerprint density at radius 1 is 1.73 bits per heavy atom. The molecule has 84 valence electrons. The van der Waals surface area contributed by atoms with Crippen LogP contribution < -0.4 is 0 Å². The van der Waals surface area contributed by atoms with E-state index in [1.165, 1.54) is 0 Å². The first-order valence-electron chi connectivity index (χ1n) is 5.49. The van der Waals surface area contributed by atoms with E-state index in [1.54, 1.807) is 6.92 Å². The van der Waals surface area contributed by atoms with Crippen molar-refractivity contribution in [2.45, 2.75) is 32.7 Å². The standard InChI is InChI=1S/C11H18N2O2/c1-3-15-11(14)9(2)13-6-4-5-10(7-12)8-13/h9-10H,3-6,8H2,1-2H3. The van der Waals surface area contributed by atoms with Gasteiger partial charge in [0, 0.05) is 6.54 Å². The number of likely N-dealkylation sites (tertiary alicyclic amines) is 1. The number of esters is 1. The number of hydrogen-bond donors (Lipinski definition) is 0. The van der Waals surface area contributed by atoms with Crippen molar-refractivity contribution in [3.05, 3.63) is 0 Å². The van der Waals surface area contributed by atoms with Gasteiger partial charge in [-0.3, -0.25) is 9.69 Å². The number of piperidine rings is 1. The summed E-state index contributed by atoms with van der Waals surface area (Å²) in [5, 5.41) is 8.84. The van der Waals surface area contributed by atoms with E-state index in [0.29, 0.717) is 13.2 Å². The molecular formula is C11H18N2O2. The molecule has 0 bridgehead atoms. The normalized spacial score (nSPS) is 24.2. The van der Waals surface area contributed by atoms with E-state index in [-0.39, 0.29) is 17.9 Å². The van der Waals surface area contributed by atoms with Crippen molar-refractivity contribution in [2.24, 2.45) is 5.92 Å². The van der Waals surface area contributed by atoms with Crippen molar-refractivity contribution in [1.82, 2.24) is 4.90 Å². The monoisotopic (exact) mass is 210 g/mol. The van der Waals surface area contributed by atoms with Crippen LogP contribution in [0.2, 0.25) is 0 Å². The molecule has 0 saturated carbocycles. The molecule has 1 rings (SSSR count). The molecule has 0 radical (unpaired) electrons. The van der Waals surface area contributed by atoms with Crippen LogP contribution in [0, 0.1) is 17.2 Å². The molecule has 15 heavy (non-hydrogen) atoms. The van der Waals surface area contributed by atoms with E-state index < -0.39 is 0 Å². The van der Waals surface area contributed by atoms with Crippen LogP contribution in [-0.4, -0.2) is 36.6 Å². The largest absolute Gasteiger partial charge is 0.465 e. The Balaban J connectivity index is 2.48. The lowest BCUT2D eigenvalue weighted by molar-refractivity contribution is -0.149. The maximum atomic E-state index is 11.5. The van der Waals surface area contributed by atoms with Crippen LogP contribution in [0.4, 0.5) is 0 Å². The van der Waals surface area contributed by atoms with Crippen LogP contribution in [0.5, 0.6) is 0 Å². The Morgan fingerprint density at radius 2 is 2.47 bits per heavy atom. The SMILES string of the molecule is CCOC(=O)C(C)N1CCCC(C#N)C1. The highest BCUT2D eigenvalue weighted by molar-refractivity contribution is 5.75. The first kappa shape index (κ1) is 12.0. The van der Waals surface area contributed by atoms with Crippen LogP contribution in [0.1, 0.15) is 26.7 Å². The minimum absolute atomic E-state index is 0.0654. The predicted molar refractivity (Wildman–Crippen MR) is 56.0 cm³/mol. The smallest absolute Gasteiger partial charge is 0.323 e. The highest BCUT2D eigenvalue weighted by atomic mass is 16.5. The summed E-state index contributed by atoms with van der Waals surface area (Å²) in [6, 6.07) is 2.04. The maximum Gasteiger partial charge on any atom is 0.323 e. The molecule has 0 N–H and O–H groups in total. The molecule has 0 aromatic heterocycles. The van der Waals surface area contributed by atoms with Crippen LogP contribution in [0.3, 0.4) is 0 Å². The molecule has 2 unspecified atom stereocenters. The van der Waals surface area contributed by atoms with E-state index in [4.69, 9.17) is 10.00 Å². The number of nitriles is 1. The zero-order valence-corrected chi connectivity index (χ0v) is 9.40. The lowest BCUT2D eigenvalue weighted by atomic mass is 9.98. The van der Waals surface area contributed by atoms with Gasteiger partial charge in [0.15, 0.2) is 0 Å². The van der Waals surface area contributed by atoms with Gasteiger partial charge >= 0.3 is 5.97 Å². The maximum absolute atomic E-state index is 11.5. The van der Waals surface area contributed by atoms with Crippen molar-refractivity contribution < 1.29 is 9.53 Å². The van der Waals surface area contributed by atoms with Gasteiger partial charge in [-0.1, -0.05) is 0 Å². The van der Waals surface area contributed by atoms with Crippen LogP contribution >= 0.6 is 0 Å². The molecule has 1 fully saturated rings. The number of nitrogens with zero attached hydrogens (tertiary/aromatic N) is 2. The van der Waals surface area contributed by atoms with Crippen LogP contribution in [-0.2, 0) is 9.53 Å². The molecule has 4 heteroatoms. The number of carbonyl (C=O) groups is 1. The first-order valence-corrected chi connectivity index (χ1v) is 5.49. The third-order valence-electron chi connectivity index (χ3n) is 2.81. The van der Waals surface area contributed by atoms with Crippen LogP contribution in [0.25, 0.3) is 0 Å². The Morgan fingerprint density at radius 3 is 3.07 bits per heavy atom. The molecule has 0 aromatic rings. The fourth-order valence-corrected chi connectivity index (χ4v) is 1.88. The fourth-order valence-electron chi connectivity index (χ4n) is 1.88. The van der Waals surface area contributed by atoms with Gasteiger partial charge in [-0.25, -0.2) is 0 Å². The van der Waals surface area contributed by atoms with Gasteiger partial charge in [0.2, 0.25) is 0 Å². The summed E-state index contributed by atoms with van der Waals surface area (Å²) in [5.41, 5.74) is 0. The molecule has 0 amide bonds. The average Bonchev–Trinajstić information content (AvgIpc) is 2.28. The molecular weight excluding hydrogens is 192 g/mol. The molecule has 1 heterocycles. The summed E-state index contributed by atoms with van der Waals surface area (Å²) >= 11 is 0. The summed E-state index contributed by atoms with van der Waals surface area (Å²) in [6.07, 6.45) is 1.94. The second-order valence-corrected chi connectivity index (χ2v) is 3.89.